The summed E-state index contributed by atoms with van der Waals surface area (Å²) in [7, 11) is 0. The maximum absolute atomic E-state index is 14.9. The second kappa shape index (κ2) is 11.8. The Hall–Kier alpha value is -2.95. The molecular weight excluding hydrogens is 604 g/mol. The highest BCUT2D eigenvalue weighted by Gasteiger charge is 2.70. The van der Waals surface area contributed by atoms with Crippen molar-refractivity contribution >= 4 is 23.6 Å². The Bertz CT molecular complexity index is 1500. The second-order valence-electron chi connectivity index (χ2n) is 18.3. The van der Waals surface area contributed by atoms with E-state index in [0.717, 1.165) is 44.1 Å². The number of carbonyl (C=O) groups is 4. The average Bonchev–Trinajstić information content (AvgIpc) is 2.97. The number of ether oxygens (including phenoxy) is 2. The van der Waals surface area contributed by atoms with Crippen LogP contribution < -0.4 is 0 Å². The van der Waals surface area contributed by atoms with Crippen molar-refractivity contribution in [2.75, 3.05) is 19.7 Å². The zero-order chi connectivity index (χ0) is 35.8. The van der Waals surface area contributed by atoms with Crippen molar-refractivity contribution in [2.24, 2.45) is 56.7 Å². The molecule has 0 heterocycles. The summed E-state index contributed by atoms with van der Waals surface area (Å²) in [6.45, 7) is 31.0. The summed E-state index contributed by atoms with van der Waals surface area (Å²) in [6.07, 6.45) is 8.80. The smallest absolute Gasteiger partial charge is 0.410 e. The van der Waals surface area contributed by atoms with Crippen LogP contribution in [0, 0.1) is 63.2 Å². The Morgan fingerprint density at radius 2 is 1.69 bits per heavy atom. The Morgan fingerprint density at radius 3 is 2.29 bits per heavy atom. The van der Waals surface area contributed by atoms with Gasteiger partial charge in [-0.05, 0) is 105 Å². The van der Waals surface area contributed by atoms with Gasteiger partial charge in [0.1, 0.15) is 12.2 Å². The van der Waals surface area contributed by atoms with Crippen molar-refractivity contribution in [3.8, 4) is 0 Å². The van der Waals surface area contributed by atoms with E-state index >= 15 is 0 Å². The number of fused-ring (bicyclic) bond motifs is 7. The van der Waals surface area contributed by atoms with Crippen molar-refractivity contribution < 1.29 is 28.7 Å². The molecule has 0 N–H and O–H groups in total. The molecule has 264 valence electrons. The van der Waals surface area contributed by atoms with Crippen LogP contribution in [0.2, 0.25) is 0 Å². The van der Waals surface area contributed by atoms with Crippen molar-refractivity contribution in [1.82, 2.24) is 4.90 Å². The number of hydrogen-bond acceptors (Lipinski definition) is 6. The third-order valence-electron chi connectivity index (χ3n) is 14.2. The standard InChI is InChI=1S/C40H58N2O6/c1-24-13-16-40(23-42(19-20-47-26(3)43)34(46)48-35(4,5)6)18-17-39(11)32(31(40)25(24)2)28(44)21-30-37(9)22-27(41-12)33(45)36(7,8)29(37)14-15-38(30,39)10/h21-22,24-25,29,31-32H,13-20,23H2,1-11H3/t24-,25+,29+,31+,32-,37+,38-,39-,40-/m1/s1. The van der Waals surface area contributed by atoms with E-state index < -0.39 is 22.5 Å². The Kier molecular flexibility index (Phi) is 8.96. The first-order valence-corrected chi connectivity index (χ1v) is 18.1. The number of carbonyl (C=O) groups excluding carboxylic acids is 4. The molecule has 0 aromatic carbocycles. The minimum atomic E-state index is -0.696. The average molecular weight is 663 g/mol. The fourth-order valence-corrected chi connectivity index (χ4v) is 11.5. The molecule has 48 heavy (non-hydrogen) atoms. The number of nitrogens with zero attached hydrogens (tertiary/aromatic N) is 2. The lowest BCUT2D eigenvalue weighted by molar-refractivity contribution is -0.180. The highest BCUT2D eigenvalue weighted by atomic mass is 16.6. The molecule has 0 unspecified atom stereocenters. The number of ketones is 2. The fourth-order valence-electron chi connectivity index (χ4n) is 11.5. The van der Waals surface area contributed by atoms with Gasteiger partial charge in [0.05, 0.1) is 13.1 Å². The first kappa shape index (κ1) is 36.3. The number of amides is 1. The zero-order valence-corrected chi connectivity index (χ0v) is 31.2. The lowest BCUT2D eigenvalue weighted by Gasteiger charge is -2.70. The quantitative estimate of drug-likeness (QED) is 0.218. The van der Waals surface area contributed by atoms with Gasteiger partial charge in [-0.3, -0.25) is 9.59 Å². The van der Waals surface area contributed by atoms with E-state index in [2.05, 4.69) is 39.5 Å². The molecule has 3 saturated carbocycles. The summed E-state index contributed by atoms with van der Waals surface area (Å²) in [5, 5.41) is 0. The topological polar surface area (TPSA) is 94.3 Å². The van der Waals surface area contributed by atoms with E-state index in [1.54, 1.807) is 4.90 Å². The Labute approximate surface area is 288 Å². The molecule has 0 aromatic heterocycles. The second-order valence-corrected chi connectivity index (χ2v) is 18.3. The van der Waals surface area contributed by atoms with Gasteiger partial charge in [-0.1, -0.05) is 60.1 Å². The van der Waals surface area contributed by atoms with E-state index in [1.165, 1.54) is 6.92 Å². The maximum atomic E-state index is 14.9. The third-order valence-corrected chi connectivity index (χ3v) is 14.2. The molecular formula is C40H58N2O6. The summed E-state index contributed by atoms with van der Waals surface area (Å²) >= 11 is 0. The van der Waals surface area contributed by atoms with Gasteiger partial charge in [0.2, 0.25) is 5.70 Å². The summed E-state index contributed by atoms with van der Waals surface area (Å²) in [6, 6.07) is 0. The van der Waals surface area contributed by atoms with Gasteiger partial charge in [0.15, 0.2) is 11.6 Å². The minimum absolute atomic E-state index is 0.00573. The SMILES string of the molecule is [C-]#[N+]C1=C[C@]2(C)C3=CC(=O)[C@@H]4[C@@H]5[C@@H](C)[C@H](C)CC[C@]5(CN(CCOC(C)=O)C(=O)OC(C)(C)C)CC[C@@]4(C)[C@]3(C)CC[C@H]2C(C)(C)C1=O. The van der Waals surface area contributed by atoms with Crippen LogP contribution in [-0.4, -0.2) is 53.8 Å². The first-order valence-electron chi connectivity index (χ1n) is 18.1. The summed E-state index contributed by atoms with van der Waals surface area (Å²) in [4.78, 5) is 59.1. The number of rotatable bonds is 5. The molecule has 8 heteroatoms. The largest absolute Gasteiger partial charge is 0.464 e. The lowest BCUT2D eigenvalue weighted by atomic mass is 9.34. The molecule has 5 aliphatic carbocycles. The molecule has 9 atom stereocenters. The van der Waals surface area contributed by atoms with Gasteiger partial charge in [-0.15, -0.1) is 0 Å². The zero-order valence-electron chi connectivity index (χ0n) is 31.2. The first-order chi connectivity index (χ1) is 22.1. The summed E-state index contributed by atoms with van der Waals surface area (Å²) < 4.78 is 11.2. The highest BCUT2D eigenvalue weighted by Crippen LogP contribution is 2.74. The molecule has 5 aliphatic rings. The maximum Gasteiger partial charge on any atom is 0.410 e. The van der Waals surface area contributed by atoms with Crippen LogP contribution in [0.5, 0.6) is 0 Å². The number of Topliss-reactive ketones (excluding diaryl/α,β-unsaturated/α-hetero) is 1. The molecule has 0 radical (unpaired) electrons. The Morgan fingerprint density at radius 1 is 1.02 bits per heavy atom. The van der Waals surface area contributed by atoms with Gasteiger partial charge in [-0.25, -0.2) is 9.64 Å². The van der Waals surface area contributed by atoms with Crippen molar-refractivity contribution in [3.05, 3.63) is 34.8 Å². The van der Waals surface area contributed by atoms with Gasteiger partial charge in [-0.2, -0.15) is 0 Å². The number of hydrogen-bond donors (Lipinski definition) is 0. The molecule has 0 bridgehead atoms. The highest BCUT2D eigenvalue weighted by molar-refractivity contribution is 6.03. The molecule has 0 spiro atoms. The molecule has 5 rings (SSSR count). The van der Waals surface area contributed by atoms with Crippen LogP contribution in [-0.2, 0) is 23.9 Å². The number of allylic oxidation sites excluding steroid dienone is 4. The van der Waals surface area contributed by atoms with Gasteiger partial charge in [0, 0.05) is 30.2 Å². The van der Waals surface area contributed by atoms with Crippen LogP contribution in [0.4, 0.5) is 4.79 Å². The van der Waals surface area contributed by atoms with Crippen molar-refractivity contribution in [1.29, 1.82) is 0 Å². The summed E-state index contributed by atoms with van der Waals surface area (Å²) in [5.74, 6) is 0.177. The van der Waals surface area contributed by atoms with E-state index in [-0.39, 0.29) is 76.3 Å². The normalized spacial score (nSPS) is 40.1. The Balaban J connectivity index is 1.61. The molecule has 0 aromatic rings. The van der Waals surface area contributed by atoms with Crippen LogP contribution in [0.25, 0.3) is 4.85 Å². The van der Waals surface area contributed by atoms with E-state index in [0.29, 0.717) is 12.5 Å². The minimum Gasteiger partial charge on any atom is -0.464 e. The predicted molar refractivity (Wildman–Crippen MR) is 184 cm³/mol. The molecule has 8 nitrogen and oxygen atoms in total. The molecule has 0 saturated heterocycles. The van der Waals surface area contributed by atoms with E-state index in [1.807, 2.05) is 46.8 Å². The monoisotopic (exact) mass is 662 g/mol. The fraction of sp³-hybridized carbons (Fsp3) is 0.775. The third kappa shape index (κ3) is 5.46. The van der Waals surface area contributed by atoms with Gasteiger partial charge in [0.25, 0.3) is 0 Å². The summed E-state index contributed by atoms with van der Waals surface area (Å²) in [5.41, 5.74) is -1.60. The molecule has 0 aliphatic heterocycles. The number of esters is 1. The van der Waals surface area contributed by atoms with Gasteiger partial charge >= 0.3 is 12.1 Å². The van der Waals surface area contributed by atoms with E-state index in [4.69, 9.17) is 16.0 Å². The van der Waals surface area contributed by atoms with Crippen LogP contribution in [0.15, 0.2) is 23.4 Å². The molecule has 3 fully saturated rings. The van der Waals surface area contributed by atoms with Crippen LogP contribution in [0.3, 0.4) is 0 Å². The van der Waals surface area contributed by atoms with Crippen LogP contribution >= 0.6 is 0 Å². The molecule has 1 amide bonds. The van der Waals surface area contributed by atoms with Gasteiger partial charge < -0.3 is 19.2 Å². The lowest BCUT2D eigenvalue weighted by Crippen LogP contribution is -2.66. The predicted octanol–water partition coefficient (Wildman–Crippen LogP) is 8.22. The van der Waals surface area contributed by atoms with Crippen molar-refractivity contribution in [3.63, 3.8) is 0 Å². The van der Waals surface area contributed by atoms with Crippen LogP contribution in [0.1, 0.15) is 115 Å². The van der Waals surface area contributed by atoms with Crippen molar-refractivity contribution in [2.45, 2.75) is 120 Å². The van der Waals surface area contributed by atoms with E-state index in [9.17, 15) is 19.2 Å².